The van der Waals surface area contributed by atoms with Gasteiger partial charge < -0.3 is 4.74 Å². The lowest BCUT2D eigenvalue weighted by Gasteiger charge is -2.19. The average molecular weight is 238 g/mol. The van der Waals surface area contributed by atoms with E-state index in [-0.39, 0.29) is 0 Å². The molecule has 0 radical (unpaired) electrons. The maximum atomic E-state index is 10.5. The van der Waals surface area contributed by atoms with Gasteiger partial charge in [-0.3, -0.25) is 0 Å². The Labute approximate surface area is 84.0 Å². The van der Waals surface area contributed by atoms with Gasteiger partial charge in [0.1, 0.15) is 0 Å². The number of halogens is 4. The van der Waals surface area contributed by atoms with Crippen LogP contribution in [0.4, 0.5) is 0 Å². The Hall–Kier alpha value is 0.370. The summed E-state index contributed by atoms with van der Waals surface area (Å²) in [5.74, 6) is -0.790. The number of hydrogen-bond donors (Lipinski definition) is 0. The third kappa shape index (κ3) is 4.06. The minimum absolute atomic E-state index is 0.790. The highest BCUT2D eigenvalue weighted by molar-refractivity contribution is 6.59. The Bertz CT molecular complexity index is 166. The summed E-state index contributed by atoms with van der Waals surface area (Å²) in [5, 5.41) is 0. The molecule has 0 aromatic rings. The van der Waals surface area contributed by atoms with Crippen LogP contribution in [0.1, 0.15) is 0 Å². The molecule has 2 nitrogen and oxygen atoms in total. The summed E-state index contributed by atoms with van der Waals surface area (Å²) < 4.78 is 2.44. The van der Waals surface area contributed by atoms with Crippen LogP contribution in [0.25, 0.3) is 0 Å². The molecule has 0 fully saturated rings. The SMILES string of the molecule is C=CC(=O)OC(Cl)(Cl)C(Cl)Cl. The quantitative estimate of drug-likeness (QED) is 0.429. The molecule has 0 atom stereocenters. The molecular formula is C5H4Cl4O2. The van der Waals surface area contributed by atoms with Gasteiger partial charge in [0, 0.05) is 6.08 Å². The average Bonchev–Trinajstić information content (AvgIpc) is 1.86. The summed E-state index contributed by atoms with van der Waals surface area (Å²) >= 11 is 21.2. The number of carbonyl (C=O) groups excluding carboxylic acids is 1. The Morgan fingerprint density at radius 2 is 2.00 bits per heavy atom. The van der Waals surface area contributed by atoms with Crippen molar-refractivity contribution in [3.8, 4) is 0 Å². The standard InChI is InChI=1S/C5H4Cl4O2/c1-2-3(10)11-5(8,9)4(6)7/h2,4H,1H2. The van der Waals surface area contributed by atoms with Crippen LogP contribution in [-0.2, 0) is 9.53 Å². The van der Waals surface area contributed by atoms with Crippen molar-refractivity contribution in [2.75, 3.05) is 0 Å². The van der Waals surface area contributed by atoms with Gasteiger partial charge in [0.25, 0.3) is 4.52 Å². The fourth-order valence-electron chi connectivity index (χ4n) is 0.220. The van der Waals surface area contributed by atoms with E-state index in [0.717, 1.165) is 6.08 Å². The predicted octanol–water partition coefficient (Wildman–Crippen LogP) is 2.65. The van der Waals surface area contributed by atoms with E-state index in [1.165, 1.54) is 0 Å². The van der Waals surface area contributed by atoms with E-state index in [1.54, 1.807) is 0 Å². The molecule has 0 rings (SSSR count). The molecule has 0 saturated carbocycles. The summed E-state index contributed by atoms with van der Waals surface area (Å²) in [4.78, 5) is 9.29. The number of hydrogen-bond acceptors (Lipinski definition) is 2. The first kappa shape index (κ1) is 11.4. The second-order valence-corrected chi connectivity index (χ2v) is 3.90. The zero-order valence-corrected chi connectivity index (χ0v) is 8.21. The first-order valence-electron chi connectivity index (χ1n) is 2.41. The van der Waals surface area contributed by atoms with E-state index in [4.69, 9.17) is 46.4 Å². The highest BCUT2D eigenvalue weighted by Gasteiger charge is 2.36. The number of alkyl halides is 4. The topological polar surface area (TPSA) is 26.3 Å². The van der Waals surface area contributed by atoms with Gasteiger partial charge in [-0.2, -0.15) is 0 Å². The van der Waals surface area contributed by atoms with Crippen molar-refractivity contribution in [3.05, 3.63) is 12.7 Å². The minimum Gasteiger partial charge on any atom is -0.423 e. The molecule has 0 aliphatic carbocycles. The summed E-state index contributed by atoms with van der Waals surface area (Å²) in [6.07, 6.45) is 0.898. The van der Waals surface area contributed by atoms with Gasteiger partial charge in [0.05, 0.1) is 0 Å². The molecule has 64 valence electrons. The molecule has 0 aromatic heterocycles. The van der Waals surface area contributed by atoms with Crippen molar-refractivity contribution in [2.45, 2.75) is 9.36 Å². The molecule has 11 heavy (non-hydrogen) atoms. The Morgan fingerprint density at radius 1 is 1.55 bits per heavy atom. The zero-order valence-electron chi connectivity index (χ0n) is 5.19. The first-order valence-corrected chi connectivity index (χ1v) is 4.04. The number of rotatable bonds is 3. The maximum absolute atomic E-state index is 10.5. The number of carbonyl (C=O) groups is 1. The maximum Gasteiger partial charge on any atom is 0.332 e. The minimum atomic E-state index is -1.92. The summed E-state index contributed by atoms with van der Waals surface area (Å²) in [6, 6.07) is 0. The number of esters is 1. The Morgan fingerprint density at radius 3 is 2.27 bits per heavy atom. The third-order valence-corrected chi connectivity index (χ3v) is 2.31. The fourth-order valence-corrected chi connectivity index (χ4v) is 0.461. The van der Waals surface area contributed by atoms with Crippen molar-refractivity contribution in [2.24, 2.45) is 0 Å². The second-order valence-electron chi connectivity index (χ2n) is 1.49. The summed E-state index contributed by atoms with van der Waals surface area (Å²) in [7, 11) is 0. The van der Waals surface area contributed by atoms with Crippen LogP contribution >= 0.6 is 46.4 Å². The van der Waals surface area contributed by atoms with E-state index in [2.05, 4.69) is 11.3 Å². The van der Waals surface area contributed by atoms with Crippen molar-refractivity contribution in [1.29, 1.82) is 0 Å². The van der Waals surface area contributed by atoms with Crippen molar-refractivity contribution < 1.29 is 9.53 Å². The molecule has 0 aliphatic rings. The lowest BCUT2D eigenvalue weighted by Crippen LogP contribution is -2.28. The van der Waals surface area contributed by atoms with Crippen molar-refractivity contribution in [1.82, 2.24) is 0 Å². The fraction of sp³-hybridized carbons (Fsp3) is 0.400. The van der Waals surface area contributed by atoms with E-state index in [9.17, 15) is 4.79 Å². The second kappa shape index (κ2) is 4.41. The van der Waals surface area contributed by atoms with Gasteiger partial charge in [-0.05, 0) is 0 Å². The smallest absolute Gasteiger partial charge is 0.332 e. The molecule has 0 bridgehead atoms. The van der Waals surface area contributed by atoms with E-state index >= 15 is 0 Å². The monoisotopic (exact) mass is 236 g/mol. The van der Waals surface area contributed by atoms with Crippen LogP contribution < -0.4 is 0 Å². The van der Waals surface area contributed by atoms with Crippen molar-refractivity contribution in [3.63, 3.8) is 0 Å². The van der Waals surface area contributed by atoms with Gasteiger partial charge in [-0.15, -0.1) is 0 Å². The molecule has 0 amide bonds. The van der Waals surface area contributed by atoms with Crippen LogP contribution in [0.15, 0.2) is 12.7 Å². The van der Waals surface area contributed by atoms with Gasteiger partial charge >= 0.3 is 5.97 Å². The van der Waals surface area contributed by atoms with Crippen LogP contribution in [-0.4, -0.2) is 15.3 Å². The Kier molecular flexibility index (Phi) is 4.56. The molecule has 0 aliphatic heterocycles. The highest BCUT2D eigenvalue weighted by atomic mass is 35.5. The summed E-state index contributed by atoms with van der Waals surface area (Å²) in [6.45, 7) is 3.13. The van der Waals surface area contributed by atoms with Crippen LogP contribution in [0.3, 0.4) is 0 Å². The molecule has 0 aromatic carbocycles. The van der Waals surface area contributed by atoms with Crippen LogP contribution in [0.2, 0.25) is 0 Å². The molecule has 0 N–H and O–H groups in total. The Balaban J connectivity index is 4.11. The van der Waals surface area contributed by atoms with Gasteiger partial charge in [0.15, 0.2) is 4.84 Å². The van der Waals surface area contributed by atoms with Crippen molar-refractivity contribution >= 4 is 52.4 Å². The zero-order chi connectivity index (χ0) is 9.07. The molecule has 0 spiro atoms. The van der Waals surface area contributed by atoms with Gasteiger partial charge in [-0.25, -0.2) is 4.79 Å². The summed E-state index contributed by atoms with van der Waals surface area (Å²) in [5.41, 5.74) is 0. The predicted molar refractivity (Wildman–Crippen MR) is 46.2 cm³/mol. The van der Waals surface area contributed by atoms with Crippen LogP contribution in [0.5, 0.6) is 0 Å². The largest absolute Gasteiger partial charge is 0.423 e. The van der Waals surface area contributed by atoms with E-state index < -0.39 is 15.3 Å². The molecule has 0 unspecified atom stereocenters. The third-order valence-electron chi connectivity index (χ3n) is 0.657. The molecular weight excluding hydrogens is 234 g/mol. The van der Waals surface area contributed by atoms with E-state index in [0.29, 0.717) is 0 Å². The number of ether oxygens (including phenoxy) is 1. The molecule has 0 saturated heterocycles. The first-order chi connectivity index (χ1) is 4.90. The van der Waals surface area contributed by atoms with Gasteiger partial charge in [-0.1, -0.05) is 53.0 Å². The van der Waals surface area contributed by atoms with E-state index in [1.807, 2.05) is 0 Å². The normalized spacial score (nSPS) is 11.4. The lowest BCUT2D eigenvalue weighted by atomic mass is 10.6. The molecule has 6 heteroatoms. The highest BCUT2D eigenvalue weighted by Crippen LogP contribution is 2.33. The van der Waals surface area contributed by atoms with Gasteiger partial charge in [0.2, 0.25) is 0 Å². The van der Waals surface area contributed by atoms with Crippen LogP contribution in [0, 0.1) is 0 Å². The lowest BCUT2D eigenvalue weighted by molar-refractivity contribution is -0.140. The molecule has 0 heterocycles.